The Hall–Kier alpha value is -3.92. The van der Waals surface area contributed by atoms with Crippen LogP contribution < -0.4 is 25.2 Å². The van der Waals surface area contributed by atoms with E-state index in [1.807, 2.05) is 12.2 Å². The van der Waals surface area contributed by atoms with Crippen LogP contribution in [-0.2, 0) is 37.0 Å². The Morgan fingerprint density at radius 1 is 1.16 bits per heavy atom. The summed E-state index contributed by atoms with van der Waals surface area (Å²) in [5.74, 6) is -2.69. The first-order chi connectivity index (χ1) is 24.0. The summed E-state index contributed by atoms with van der Waals surface area (Å²) >= 11 is 0. The van der Waals surface area contributed by atoms with Gasteiger partial charge in [0.05, 0.1) is 30.0 Å². The minimum absolute atomic E-state index is 0.121. The topological polar surface area (TPSA) is 170 Å². The van der Waals surface area contributed by atoms with Crippen molar-refractivity contribution >= 4 is 38.6 Å². The van der Waals surface area contributed by atoms with Crippen LogP contribution in [0.2, 0.25) is 0 Å². The number of nitrogens with zero attached hydrogens (tertiary/aromatic N) is 2. The Labute approximate surface area is 293 Å². The maximum atomic E-state index is 14.5. The van der Waals surface area contributed by atoms with Crippen LogP contribution in [-0.4, -0.2) is 77.6 Å². The largest absolute Gasteiger partial charge is 0.497 e. The van der Waals surface area contributed by atoms with Gasteiger partial charge in [-0.2, -0.15) is 13.2 Å². The zero-order chi connectivity index (χ0) is 36.6. The lowest BCUT2D eigenvalue weighted by molar-refractivity contribution is -0.144. The molecule has 2 aromatic rings. The number of nitrogens with one attached hydrogen (secondary N) is 2. The van der Waals surface area contributed by atoms with E-state index in [-0.39, 0.29) is 37.7 Å². The number of methoxy groups -OCH3 is 1. The predicted molar refractivity (Wildman–Crippen MR) is 179 cm³/mol. The van der Waals surface area contributed by atoms with Crippen LogP contribution in [0.3, 0.4) is 0 Å². The fraction of sp³-hybridized carbons (Fsp3) is 0.600. The average Bonchev–Trinajstić information content (AvgIpc) is 3.97. The fourth-order valence-electron chi connectivity index (χ4n) is 7.72. The number of allylic oxidation sites excluding steroid dienone is 1. The number of aromatic nitrogens is 1. The molecule has 4 N–H and O–H groups in total. The molecule has 0 bridgehead atoms. The first-order valence-electron chi connectivity index (χ1n) is 17.4. The number of sulfonamides is 1. The standard InChI is InChI=1S/C35H42F3N5O7S/c1-32(14-15-32)51(47,48)42-31(46)34-17-20(34)8-6-4-3-5-7-9-24(39)30(45)43-19-33(18-26(43)29(44)41-34)13-12-22-23-16-21(49-2)10-11-25(23)40-28(27(22)50-33)35(36,37)38/h6,8,10-11,16,20,24,26H,3-5,7,9,12-15,17-19,39H2,1-2H3,(H,41,44)(H,42,46)/b8-6-/t20-,24+,26+,33-,34-/m1/s1. The van der Waals surface area contributed by atoms with Gasteiger partial charge in [0.15, 0.2) is 11.4 Å². The van der Waals surface area contributed by atoms with Gasteiger partial charge in [-0.15, -0.1) is 0 Å². The zero-order valence-electron chi connectivity index (χ0n) is 28.5. The van der Waals surface area contributed by atoms with Gasteiger partial charge in [-0.1, -0.05) is 25.0 Å². The Balaban J connectivity index is 1.24. The summed E-state index contributed by atoms with van der Waals surface area (Å²) in [5, 5.41) is 3.23. The third-order valence-electron chi connectivity index (χ3n) is 11.3. The van der Waals surface area contributed by atoms with Gasteiger partial charge < -0.3 is 25.4 Å². The first-order valence-corrected chi connectivity index (χ1v) is 18.9. The van der Waals surface area contributed by atoms with Crippen molar-refractivity contribution in [2.45, 2.75) is 112 Å². The number of amides is 3. The number of pyridine rings is 1. The number of carbonyl (C=O) groups is 3. The van der Waals surface area contributed by atoms with Crippen molar-refractivity contribution < 1.29 is 45.4 Å². The minimum Gasteiger partial charge on any atom is -0.497 e. The molecule has 276 valence electrons. The number of carbonyl (C=O) groups excluding carboxylic acids is 3. The smallest absolute Gasteiger partial charge is 0.437 e. The number of hydrogen-bond donors (Lipinski definition) is 3. The molecule has 3 amide bonds. The van der Waals surface area contributed by atoms with Crippen molar-refractivity contribution in [3.8, 4) is 11.5 Å². The highest BCUT2D eigenvalue weighted by Gasteiger charge is 2.64. The van der Waals surface area contributed by atoms with E-state index in [4.69, 9.17) is 15.2 Å². The molecule has 1 saturated heterocycles. The SMILES string of the molecule is COc1ccc2nc(C(F)(F)F)c3c(c2c1)CC[C@]1(C[C@H]2C(=O)N[C@]4(C(=O)NS(=O)(=O)C5(C)CC5)C[C@H]4/C=C\CCCCC[C@H](N)C(=O)N2C1)O3. The monoisotopic (exact) mass is 733 g/mol. The molecule has 7 rings (SSSR count). The molecule has 51 heavy (non-hydrogen) atoms. The number of hydrogen-bond acceptors (Lipinski definition) is 9. The number of fused-ring (bicyclic) bond motifs is 5. The Kier molecular flexibility index (Phi) is 8.59. The number of benzene rings is 1. The van der Waals surface area contributed by atoms with E-state index >= 15 is 0 Å². The molecule has 12 nitrogen and oxygen atoms in total. The van der Waals surface area contributed by atoms with Gasteiger partial charge in [0.2, 0.25) is 21.8 Å². The molecule has 2 aliphatic carbocycles. The van der Waals surface area contributed by atoms with Crippen molar-refractivity contribution in [2.75, 3.05) is 13.7 Å². The Morgan fingerprint density at radius 3 is 2.63 bits per heavy atom. The molecule has 0 radical (unpaired) electrons. The van der Waals surface area contributed by atoms with Crippen LogP contribution in [0.15, 0.2) is 30.4 Å². The highest BCUT2D eigenvalue weighted by Crippen LogP contribution is 2.50. The Morgan fingerprint density at radius 2 is 1.92 bits per heavy atom. The van der Waals surface area contributed by atoms with Crippen LogP contribution in [0, 0.1) is 5.92 Å². The van der Waals surface area contributed by atoms with Crippen molar-refractivity contribution in [3.05, 3.63) is 41.6 Å². The molecule has 0 unspecified atom stereocenters. The number of nitrogens with two attached hydrogens (primary N) is 1. The highest BCUT2D eigenvalue weighted by molar-refractivity contribution is 7.91. The number of aryl methyl sites for hydroxylation is 1. The summed E-state index contributed by atoms with van der Waals surface area (Å²) in [6.45, 7) is 1.32. The first kappa shape index (κ1) is 35.5. The third-order valence-corrected chi connectivity index (χ3v) is 13.5. The lowest BCUT2D eigenvalue weighted by atomic mass is 9.87. The molecule has 4 heterocycles. The van der Waals surface area contributed by atoms with Crippen molar-refractivity contribution in [3.63, 3.8) is 0 Å². The van der Waals surface area contributed by atoms with Crippen LogP contribution >= 0.6 is 0 Å². The van der Waals surface area contributed by atoms with E-state index < -0.39 is 79.3 Å². The second-order valence-electron chi connectivity index (χ2n) is 14.9. The summed E-state index contributed by atoms with van der Waals surface area (Å²) in [4.78, 5) is 47.2. The maximum Gasteiger partial charge on any atom is 0.437 e. The van der Waals surface area contributed by atoms with Crippen LogP contribution in [0.5, 0.6) is 11.5 Å². The van der Waals surface area contributed by atoms with Gasteiger partial charge in [0.1, 0.15) is 22.9 Å². The van der Waals surface area contributed by atoms with Crippen molar-refractivity contribution in [1.82, 2.24) is 19.9 Å². The normalized spacial score (nSPS) is 31.3. The maximum absolute atomic E-state index is 14.5. The fourth-order valence-corrected chi connectivity index (χ4v) is 9.04. The van der Waals surface area contributed by atoms with E-state index in [9.17, 15) is 36.0 Å². The molecule has 16 heteroatoms. The number of rotatable bonds is 4. The minimum atomic E-state index is -4.87. The molecule has 1 aromatic carbocycles. The number of halogens is 3. The summed E-state index contributed by atoms with van der Waals surface area (Å²) in [6.07, 6.45) is 3.13. The molecule has 1 aromatic heterocycles. The second kappa shape index (κ2) is 12.3. The lowest BCUT2D eigenvalue weighted by Crippen LogP contribution is -2.58. The van der Waals surface area contributed by atoms with Crippen LogP contribution in [0.25, 0.3) is 10.9 Å². The van der Waals surface area contributed by atoms with E-state index in [2.05, 4.69) is 15.0 Å². The van der Waals surface area contributed by atoms with Gasteiger partial charge in [0.25, 0.3) is 5.91 Å². The number of alkyl halides is 3. The van der Waals surface area contributed by atoms with Gasteiger partial charge in [-0.25, -0.2) is 13.4 Å². The van der Waals surface area contributed by atoms with E-state index in [0.29, 0.717) is 48.8 Å². The van der Waals surface area contributed by atoms with Crippen LogP contribution in [0.4, 0.5) is 13.2 Å². The molecule has 5 atom stereocenters. The molecule has 1 spiro atoms. The summed E-state index contributed by atoms with van der Waals surface area (Å²) in [7, 11) is -2.58. The predicted octanol–water partition coefficient (Wildman–Crippen LogP) is 3.65. The lowest BCUT2D eigenvalue weighted by Gasteiger charge is -2.37. The van der Waals surface area contributed by atoms with E-state index in [1.165, 1.54) is 24.1 Å². The van der Waals surface area contributed by atoms with Crippen molar-refractivity contribution in [2.24, 2.45) is 11.7 Å². The second-order valence-corrected chi connectivity index (χ2v) is 17.1. The van der Waals surface area contributed by atoms with E-state index in [0.717, 1.165) is 12.8 Å². The summed E-state index contributed by atoms with van der Waals surface area (Å²) in [5.41, 5.74) is 2.58. The molecular formula is C35H42F3N5O7S. The van der Waals surface area contributed by atoms with E-state index in [1.54, 1.807) is 13.0 Å². The third kappa shape index (κ3) is 6.31. The van der Waals surface area contributed by atoms with Gasteiger partial charge in [-0.3, -0.25) is 19.1 Å². The summed E-state index contributed by atoms with van der Waals surface area (Å²) < 4.78 is 82.4. The summed E-state index contributed by atoms with van der Waals surface area (Å²) in [6, 6.07) is 2.34. The highest BCUT2D eigenvalue weighted by atomic mass is 32.2. The number of ether oxygens (including phenoxy) is 2. The van der Waals surface area contributed by atoms with Crippen LogP contribution in [0.1, 0.15) is 82.4 Å². The Bertz CT molecular complexity index is 1930. The molecular weight excluding hydrogens is 691 g/mol. The van der Waals surface area contributed by atoms with Gasteiger partial charge in [0, 0.05) is 23.3 Å². The molecule has 5 aliphatic rings. The quantitative estimate of drug-likeness (QED) is 0.397. The van der Waals surface area contributed by atoms with Crippen molar-refractivity contribution in [1.29, 1.82) is 0 Å². The van der Waals surface area contributed by atoms with Gasteiger partial charge in [-0.05, 0) is 76.5 Å². The zero-order valence-corrected chi connectivity index (χ0v) is 29.3. The molecule has 2 saturated carbocycles. The molecule has 3 aliphatic heterocycles. The molecule has 3 fully saturated rings. The van der Waals surface area contributed by atoms with Gasteiger partial charge >= 0.3 is 6.18 Å². The average molecular weight is 734 g/mol.